The fourth-order valence-electron chi connectivity index (χ4n) is 2.51. The van der Waals surface area contributed by atoms with Crippen molar-refractivity contribution in [3.63, 3.8) is 0 Å². The predicted octanol–water partition coefficient (Wildman–Crippen LogP) is 2.45. The van der Waals surface area contributed by atoms with Crippen molar-refractivity contribution >= 4 is 18.0 Å². The van der Waals surface area contributed by atoms with Crippen LogP contribution in [-0.2, 0) is 4.79 Å². The van der Waals surface area contributed by atoms with E-state index < -0.39 is 5.97 Å². The Labute approximate surface area is 119 Å². The smallest absolute Gasteiger partial charge is 0.328 e. The normalized spacial score (nSPS) is 17.1. The van der Waals surface area contributed by atoms with Crippen molar-refractivity contribution in [2.75, 3.05) is 18.0 Å². The molecular weight excluding hydrogens is 254 g/mol. The zero-order chi connectivity index (χ0) is 14.5. The molecule has 0 spiro atoms. The zero-order valence-corrected chi connectivity index (χ0v) is 12.0. The first-order valence-corrected chi connectivity index (χ1v) is 7.04. The minimum absolute atomic E-state index is 0.702. The van der Waals surface area contributed by atoms with Crippen LogP contribution in [0.2, 0.25) is 0 Å². The first kappa shape index (κ1) is 14.5. The lowest BCUT2D eigenvalue weighted by molar-refractivity contribution is -0.131. The van der Waals surface area contributed by atoms with Gasteiger partial charge in [0.2, 0.25) is 5.95 Å². The van der Waals surface area contributed by atoms with Crippen LogP contribution in [0.1, 0.15) is 32.3 Å². The summed E-state index contributed by atoms with van der Waals surface area (Å²) >= 11 is 0. The lowest BCUT2D eigenvalue weighted by Gasteiger charge is -2.33. The summed E-state index contributed by atoms with van der Waals surface area (Å²) in [5.41, 5.74) is 0.702. The van der Waals surface area contributed by atoms with Crippen LogP contribution in [0.15, 0.2) is 18.5 Å². The number of carbonyl (C=O) groups is 1. The number of piperidine rings is 1. The molecule has 0 aliphatic carbocycles. The minimum Gasteiger partial charge on any atom is -0.478 e. The fraction of sp³-hybridized carbons (Fsp3) is 0.533. The molecule has 1 aromatic heterocycles. The lowest BCUT2D eigenvalue weighted by atomic mass is 9.87. The van der Waals surface area contributed by atoms with Gasteiger partial charge in [0, 0.05) is 37.1 Å². The van der Waals surface area contributed by atoms with Crippen LogP contribution in [0.3, 0.4) is 0 Å². The topological polar surface area (TPSA) is 66.3 Å². The maximum Gasteiger partial charge on any atom is 0.328 e. The Morgan fingerprint density at radius 2 is 1.95 bits per heavy atom. The molecule has 0 aromatic carbocycles. The van der Waals surface area contributed by atoms with Crippen molar-refractivity contribution in [3.05, 3.63) is 24.0 Å². The van der Waals surface area contributed by atoms with Gasteiger partial charge < -0.3 is 10.0 Å². The van der Waals surface area contributed by atoms with Gasteiger partial charge in [-0.3, -0.25) is 0 Å². The van der Waals surface area contributed by atoms with Crippen LogP contribution in [0.5, 0.6) is 0 Å². The van der Waals surface area contributed by atoms with Gasteiger partial charge in [-0.1, -0.05) is 13.8 Å². The molecule has 2 heterocycles. The average molecular weight is 275 g/mol. The number of nitrogens with zero attached hydrogens (tertiary/aromatic N) is 3. The van der Waals surface area contributed by atoms with Crippen molar-refractivity contribution in [2.45, 2.75) is 26.7 Å². The highest BCUT2D eigenvalue weighted by atomic mass is 16.4. The lowest BCUT2D eigenvalue weighted by Crippen LogP contribution is -2.36. The monoisotopic (exact) mass is 275 g/mol. The Morgan fingerprint density at radius 3 is 2.45 bits per heavy atom. The quantitative estimate of drug-likeness (QED) is 0.855. The predicted molar refractivity (Wildman–Crippen MR) is 78.5 cm³/mol. The van der Waals surface area contributed by atoms with Crippen LogP contribution in [0, 0.1) is 11.8 Å². The van der Waals surface area contributed by atoms with Gasteiger partial charge in [0.15, 0.2) is 0 Å². The Morgan fingerprint density at radius 1 is 1.35 bits per heavy atom. The summed E-state index contributed by atoms with van der Waals surface area (Å²) in [6.45, 7) is 6.54. The van der Waals surface area contributed by atoms with E-state index in [0.29, 0.717) is 5.56 Å². The molecule has 0 unspecified atom stereocenters. The molecule has 5 nitrogen and oxygen atoms in total. The second kappa shape index (κ2) is 6.50. The van der Waals surface area contributed by atoms with E-state index in [1.807, 2.05) is 0 Å². The maximum atomic E-state index is 10.4. The Kier molecular flexibility index (Phi) is 4.71. The second-order valence-corrected chi connectivity index (χ2v) is 5.56. The largest absolute Gasteiger partial charge is 0.478 e. The third-order valence-corrected chi connectivity index (χ3v) is 3.84. The highest BCUT2D eigenvalue weighted by Gasteiger charge is 2.22. The number of anilines is 1. The molecule has 0 bridgehead atoms. The van der Waals surface area contributed by atoms with E-state index in [2.05, 4.69) is 28.7 Å². The number of aliphatic carboxylic acids is 1. The maximum absolute atomic E-state index is 10.4. The number of aromatic nitrogens is 2. The molecule has 1 N–H and O–H groups in total. The van der Waals surface area contributed by atoms with Crippen molar-refractivity contribution in [1.82, 2.24) is 9.97 Å². The molecule has 0 amide bonds. The Balaban J connectivity index is 1.96. The molecule has 1 saturated heterocycles. The third kappa shape index (κ3) is 3.79. The molecule has 1 aliphatic heterocycles. The highest BCUT2D eigenvalue weighted by molar-refractivity contribution is 5.85. The molecule has 0 atom stereocenters. The van der Waals surface area contributed by atoms with Gasteiger partial charge >= 0.3 is 5.97 Å². The molecule has 20 heavy (non-hydrogen) atoms. The van der Waals surface area contributed by atoms with E-state index >= 15 is 0 Å². The van der Waals surface area contributed by atoms with Gasteiger partial charge in [0.1, 0.15) is 0 Å². The molecule has 1 aliphatic rings. The van der Waals surface area contributed by atoms with Gasteiger partial charge in [-0.25, -0.2) is 14.8 Å². The first-order chi connectivity index (χ1) is 9.56. The van der Waals surface area contributed by atoms with Crippen LogP contribution in [0.4, 0.5) is 5.95 Å². The third-order valence-electron chi connectivity index (χ3n) is 3.84. The average Bonchev–Trinajstić information content (AvgIpc) is 2.46. The summed E-state index contributed by atoms with van der Waals surface area (Å²) in [6.07, 6.45) is 8.28. The van der Waals surface area contributed by atoms with E-state index in [-0.39, 0.29) is 0 Å². The zero-order valence-electron chi connectivity index (χ0n) is 12.0. The molecule has 0 saturated carbocycles. The molecule has 108 valence electrons. The number of hydrogen-bond acceptors (Lipinski definition) is 4. The summed E-state index contributed by atoms with van der Waals surface area (Å²) in [5.74, 6) is 1.30. The van der Waals surface area contributed by atoms with E-state index in [1.54, 1.807) is 12.4 Å². The number of rotatable bonds is 4. The van der Waals surface area contributed by atoms with Gasteiger partial charge in [-0.15, -0.1) is 0 Å². The minimum atomic E-state index is -0.968. The van der Waals surface area contributed by atoms with Crippen LogP contribution in [0.25, 0.3) is 6.08 Å². The van der Waals surface area contributed by atoms with E-state index in [4.69, 9.17) is 5.11 Å². The van der Waals surface area contributed by atoms with Crippen LogP contribution in [-0.4, -0.2) is 34.1 Å². The Bertz CT molecular complexity index is 474. The van der Waals surface area contributed by atoms with Crippen molar-refractivity contribution in [1.29, 1.82) is 0 Å². The highest BCUT2D eigenvalue weighted by Crippen LogP contribution is 2.26. The van der Waals surface area contributed by atoms with Crippen molar-refractivity contribution in [3.8, 4) is 0 Å². The van der Waals surface area contributed by atoms with Crippen molar-refractivity contribution in [2.24, 2.45) is 11.8 Å². The molecule has 2 rings (SSSR count). The van der Waals surface area contributed by atoms with Gasteiger partial charge in [0.05, 0.1) is 0 Å². The summed E-state index contributed by atoms with van der Waals surface area (Å²) in [4.78, 5) is 21.3. The summed E-state index contributed by atoms with van der Waals surface area (Å²) in [5, 5.41) is 8.57. The van der Waals surface area contributed by atoms with Crippen LogP contribution >= 0.6 is 0 Å². The Hall–Kier alpha value is -1.91. The second-order valence-electron chi connectivity index (χ2n) is 5.56. The SMILES string of the molecule is CC(C)C1CCN(c2ncc(/C=C/C(=O)O)cn2)CC1. The molecule has 1 fully saturated rings. The molecular formula is C15H21N3O2. The summed E-state index contributed by atoms with van der Waals surface area (Å²) in [6, 6.07) is 0. The molecule has 0 radical (unpaired) electrons. The number of carboxylic acid groups (broad SMARTS) is 1. The molecule has 1 aromatic rings. The standard InChI is InChI=1S/C15H21N3O2/c1-11(2)13-5-7-18(8-6-13)15-16-9-12(10-17-15)3-4-14(19)20/h3-4,9-11,13H,5-8H2,1-2H3,(H,19,20)/b4-3+. The van der Waals surface area contributed by atoms with E-state index in [1.165, 1.54) is 18.9 Å². The number of carboxylic acids is 1. The van der Waals surface area contributed by atoms with Gasteiger partial charge in [-0.05, 0) is 30.8 Å². The van der Waals surface area contributed by atoms with E-state index in [0.717, 1.165) is 36.9 Å². The van der Waals surface area contributed by atoms with Crippen LogP contribution < -0.4 is 4.90 Å². The summed E-state index contributed by atoms with van der Waals surface area (Å²) < 4.78 is 0. The van der Waals surface area contributed by atoms with Crippen molar-refractivity contribution < 1.29 is 9.90 Å². The molecule has 5 heteroatoms. The fourth-order valence-corrected chi connectivity index (χ4v) is 2.51. The first-order valence-electron chi connectivity index (χ1n) is 7.04. The van der Waals surface area contributed by atoms with Gasteiger partial charge in [0.25, 0.3) is 0 Å². The van der Waals surface area contributed by atoms with E-state index in [9.17, 15) is 4.79 Å². The summed E-state index contributed by atoms with van der Waals surface area (Å²) in [7, 11) is 0. The number of hydrogen-bond donors (Lipinski definition) is 1. The van der Waals surface area contributed by atoms with Gasteiger partial charge in [-0.2, -0.15) is 0 Å².